The van der Waals surface area contributed by atoms with Gasteiger partial charge in [-0.3, -0.25) is 0 Å². The van der Waals surface area contributed by atoms with Crippen LogP contribution in [0, 0.1) is 0 Å². The molecule has 1 aliphatic heterocycles. The van der Waals surface area contributed by atoms with Crippen LogP contribution in [0.15, 0.2) is 6.33 Å². The lowest BCUT2D eigenvalue weighted by atomic mass is 10.1. The first-order chi connectivity index (χ1) is 9.06. The van der Waals surface area contributed by atoms with E-state index in [-0.39, 0.29) is 6.10 Å². The van der Waals surface area contributed by atoms with Crippen LogP contribution in [0.25, 0.3) is 0 Å². The number of hydrogen-bond donors (Lipinski definition) is 2. The number of likely N-dealkylation sites (tertiary alicyclic amines) is 1. The molecule has 0 bridgehead atoms. The summed E-state index contributed by atoms with van der Waals surface area (Å²) in [6.07, 6.45) is 3.86. The largest absolute Gasteiger partial charge is 0.473 e. The molecule has 0 radical (unpaired) electrons. The molecule has 0 aromatic carbocycles. The van der Waals surface area contributed by atoms with Gasteiger partial charge < -0.3 is 20.7 Å². The number of hydrogen-bond acceptors (Lipinski definition) is 6. The van der Waals surface area contributed by atoms with Crippen LogP contribution >= 0.6 is 0 Å². The molecule has 1 aromatic rings. The highest BCUT2D eigenvalue weighted by molar-refractivity contribution is 5.66. The molecule has 1 unspecified atom stereocenters. The topological polar surface area (TPSA) is 76.3 Å². The van der Waals surface area contributed by atoms with Crippen LogP contribution in [0.3, 0.4) is 0 Å². The van der Waals surface area contributed by atoms with E-state index in [1.54, 1.807) is 0 Å². The maximum Gasteiger partial charge on any atom is 0.242 e. The van der Waals surface area contributed by atoms with Gasteiger partial charge in [-0.15, -0.1) is 0 Å². The first kappa shape index (κ1) is 13.9. The molecular weight excluding hydrogens is 242 g/mol. The van der Waals surface area contributed by atoms with Crippen LogP contribution < -0.4 is 15.8 Å². The van der Waals surface area contributed by atoms with Crippen LogP contribution in [0.5, 0.6) is 5.88 Å². The van der Waals surface area contributed by atoms with Gasteiger partial charge in [0.15, 0.2) is 5.82 Å². The second-order valence-electron chi connectivity index (χ2n) is 5.35. The Hall–Kier alpha value is -1.56. The fourth-order valence-electron chi connectivity index (χ4n) is 2.29. The molecule has 0 amide bonds. The quantitative estimate of drug-likeness (QED) is 0.856. The highest BCUT2D eigenvalue weighted by atomic mass is 16.5. The molecule has 1 aliphatic rings. The Kier molecular flexibility index (Phi) is 4.42. The molecule has 2 rings (SSSR count). The number of anilines is 2. The fourth-order valence-corrected chi connectivity index (χ4v) is 2.29. The van der Waals surface area contributed by atoms with Gasteiger partial charge in [-0.05, 0) is 40.3 Å². The number of nitrogens with zero attached hydrogens (tertiary/aromatic N) is 3. The monoisotopic (exact) mass is 265 g/mol. The molecule has 19 heavy (non-hydrogen) atoms. The summed E-state index contributed by atoms with van der Waals surface area (Å²) in [5, 5.41) is 3.40. The molecule has 1 atom stereocenters. The Morgan fingerprint density at radius 2 is 2.26 bits per heavy atom. The van der Waals surface area contributed by atoms with Crippen molar-refractivity contribution in [2.45, 2.75) is 38.8 Å². The Morgan fingerprint density at radius 1 is 1.47 bits per heavy atom. The van der Waals surface area contributed by atoms with Crippen molar-refractivity contribution in [1.29, 1.82) is 0 Å². The van der Waals surface area contributed by atoms with Gasteiger partial charge in [-0.1, -0.05) is 0 Å². The second kappa shape index (κ2) is 6.06. The number of nitrogen functional groups attached to an aromatic ring is 1. The van der Waals surface area contributed by atoms with E-state index in [2.05, 4.69) is 27.2 Å². The Morgan fingerprint density at radius 3 is 2.95 bits per heavy atom. The highest BCUT2D eigenvalue weighted by Gasteiger charge is 2.19. The minimum Gasteiger partial charge on any atom is -0.473 e. The zero-order valence-corrected chi connectivity index (χ0v) is 11.9. The van der Waals surface area contributed by atoms with Crippen molar-refractivity contribution in [1.82, 2.24) is 14.9 Å². The van der Waals surface area contributed by atoms with Gasteiger partial charge in [0, 0.05) is 12.6 Å². The van der Waals surface area contributed by atoms with Gasteiger partial charge in [0.25, 0.3) is 0 Å². The summed E-state index contributed by atoms with van der Waals surface area (Å²) in [5.74, 6) is 1.13. The molecule has 6 nitrogen and oxygen atoms in total. The van der Waals surface area contributed by atoms with Gasteiger partial charge in [-0.2, -0.15) is 4.98 Å². The van der Waals surface area contributed by atoms with Crippen LogP contribution in [-0.2, 0) is 0 Å². The van der Waals surface area contributed by atoms with Gasteiger partial charge in [-0.25, -0.2) is 4.98 Å². The summed E-state index contributed by atoms with van der Waals surface area (Å²) in [5.41, 5.74) is 6.55. The van der Waals surface area contributed by atoms with E-state index in [1.165, 1.54) is 12.7 Å². The predicted molar refractivity (Wildman–Crippen MR) is 76.4 cm³/mol. The van der Waals surface area contributed by atoms with Crippen LogP contribution in [-0.4, -0.2) is 47.2 Å². The molecule has 1 fully saturated rings. The van der Waals surface area contributed by atoms with E-state index in [0.717, 1.165) is 19.5 Å². The van der Waals surface area contributed by atoms with Crippen LogP contribution in [0.2, 0.25) is 0 Å². The molecule has 1 saturated heterocycles. The first-order valence-corrected chi connectivity index (χ1v) is 6.78. The SMILES string of the molecule is CC(C)Oc1ncnc(NC2CCCN(C)C2)c1N. The molecule has 6 heteroatoms. The molecule has 0 aliphatic carbocycles. The van der Waals surface area contributed by atoms with Gasteiger partial charge in [0.1, 0.15) is 12.0 Å². The van der Waals surface area contributed by atoms with Crippen molar-refractivity contribution < 1.29 is 4.74 Å². The van der Waals surface area contributed by atoms with Crippen molar-refractivity contribution in [3.8, 4) is 5.88 Å². The Bertz CT molecular complexity index is 423. The van der Waals surface area contributed by atoms with Gasteiger partial charge in [0.2, 0.25) is 5.88 Å². The van der Waals surface area contributed by atoms with Crippen LogP contribution in [0.1, 0.15) is 26.7 Å². The standard InChI is InChI=1S/C13H23N5O/c1-9(2)19-13-11(14)12(15-8-16-13)17-10-5-4-6-18(3)7-10/h8-10H,4-7,14H2,1-3H3,(H,15,16,17). The molecule has 3 N–H and O–H groups in total. The van der Waals surface area contributed by atoms with E-state index in [1.807, 2.05) is 13.8 Å². The van der Waals surface area contributed by atoms with E-state index < -0.39 is 0 Å². The smallest absolute Gasteiger partial charge is 0.242 e. The van der Waals surface area contributed by atoms with E-state index in [0.29, 0.717) is 23.4 Å². The third-order valence-electron chi connectivity index (χ3n) is 3.16. The normalized spacial score (nSPS) is 20.5. The summed E-state index contributed by atoms with van der Waals surface area (Å²) in [7, 11) is 2.13. The zero-order chi connectivity index (χ0) is 13.8. The van der Waals surface area contributed by atoms with E-state index in [4.69, 9.17) is 10.5 Å². The number of nitrogens with one attached hydrogen (secondary N) is 1. The molecule has 0 spiro atoms. The molecule has 1 aromatic heterocycles. The average Bonchev–Trinajstić information content (AvgIpc) is 2.34. The predicted octanol–water partition coefficient (Wildman–Crippen LogP) is 1.35. The number of ether oxygens (including phenoxy) is 1. The maximum atomic E-state index is 6.06. The summed E-state index contributed by atoms with van der Waals surface area (Å²) in [6, 6.07) is 0.378. The summed E-state index contributed by atoms with van der Waals surface area (Å²) in [4.78, 5) is 10.6. The number of piperidine rings is 1. The molecule has 2 heterocycles. The lowest BCUT2D eigenvalue weighted by Gasteiger charge is -2.30. The van der Waals surface area contributed by atoms with E-state index >= 15 is 0 Å². The number of rotatable bonds is 4. The maximum absolute atomic E-state index is 6.06. The van der Waals surface area contributed by atoms with Crippen molar-refractivity contribution in [3.05, 3.63) is 6.33 Å². The van der Waals surface area contributed by atoms with Crippen molar-refractivity contribution in [2.24, 2.45) is 0 Å². The Balaban J connectivity index is 2.07. The third-order valence-corrected chi connectivity index (χ3v) is 3.16. The molecular formula is C13H23N5O. The zero-order valence-electron chi connectivity index (χ0n) is 11.9. The highest BCUT2D eigenvalue weighted by Crippen LogP contribution is 2.26. The summed E-state index contributed by atoms with van der Waals surface area (Å²) >= 11 is 0. The van der Waals surface area contributed by atoms with Crippen molar-refractivity contribution in [3.63, 3.8) is 0 Å². The van der Waals surface area contributed by atoms with Crippen molar-refractivity contribution in [2.75, 3.05) is 31.2 Å². The minimum absolute atomic E-state index is 0.0471. The number of aromatic nitrogens is 2. The number of nitrogens with two attached hydrogens (primary N) is 1. The number of likely N-dealkylation sites (N-methyl/N-ethyl adjacent to an activating group) is 1. The Labute approximate surface area is 114 Å². The average molecular weight is 265 g/mol. The fraction of sp³-hybridized carbons (Fsp3) is 0.692. The second-order valence-corrected chi connectivity index (χ2v) is 5.35. The van der Waals surface area contributed by atoms with E-state index in [9.17, 15) is 0 Å². The van der Waals surface area contributed by atoms with Crippen molar-refractivity contribution >= 4 is 11.5 Å². The lowest BCUT2D eigenvalue weighted by Crippen LogP contribution is -2.40. The summed E-state index contributed by atoms with van der Waals surface area (Å²) in [6.45, 7) is 6.05. The summed E-state index contributed by atoms with van der Waals surface area (Å²) < 4.78 is 5.57. The third kappa shape index (κ3) is 3.70. The lowest BCUT2D eigenvalue weighted by molar-refractivity contribution is 0.234. The van der Waals surface area contributed by atoms with Gasteiger partial charge in [0.05, 0.1) is 6.10 Å². The molecule has 0 saturated carbocycles. The minimum atomic E-state index is 0.0471. The van der Waals surface area contributed by atoms with Gasteiger partial charge >= 0.3 is 0 Å². The first-order valence-electron chi connectivity index (χ1n) is 6.78. The molecule has 106 valence electrons. The van der Waals surface area contributed by atoms with Crippen LogP contribution in [0.4, 0.5) is 11.5 Å².